The van der Waals surface area contributed by atoms with Crippen molar-refractivity contribution in [1.29, 1.82) is 0 Å². The van der Waals surface area contributed by atoms with Crippen LogP contribution in [0.2, 0.25) is 0 Å². The maximum Gasteiger partial charge on any atom is 0.135 e. The zero-order chi connectivity index (χ0) is 36.8. The Morgan fingerprint density at radius 3 is 2.07 bits per heavy atom. The van der Waals surface area contributed by atoms with E-state index in [1.54, 1.807) is 6.26 Å². The molecule has 9 rings (SSSR count). The van der Waals surface area contributed by atoms with Gasteiger partial charge in [-0.15, -0.1) is 0 Å². The highest BCUT2D eigenvalue weighted by molar-refractivity contribution is 6.11. The Balaban J connectivity index is 1.04. The highest BCUT2D eigenvalue weighted by Gasteiger charge is 2.19. The quantitative estimate of drug-likeness (QED) is 0.161. The van der Waals surface area contributed by atoms with Gasteiger partial charge in [-0.2, -0.15) is 0 Å². The van der Waals surface area contributed by atoms with E-state index in [0.29, 0.717) is 0 Å². The summed E-state index contributed by atoms with van der Waals surface area (Å²) < 4.78 is 14.5. The molecule has 0 aliphatic heterocycles. The van der Waals surface area contributed by atoms with Gasteiger partial charge in [-0.25, -0.2) is 0 Å². The highest BCUT2D eigenvalue weighted by Crippen LogP contribution is 2.38. The first-order valence-corrected chi connectivity index (χ1v) is 18.4. The van der Waals surface area contributed by atoms with Crippen LogP contribution in [0.4, 0.5) is 5.69 Å². The lowest BCUT2D eigenvalue weighted by atomic mass is 9.86. The first-order valence-electron chi connectivity index (χ1n) is 18.4. The number of hydrogen-bond donors (Lipinski definition) is 1. The molecule has 3 heterocycles. The smallest absolute Gasteiger partial charge is 0.135 e. The SMILES string of the molecule is C=C/C(=C/c1c(/C=C\c2coc3ccccc23)oc2ccccc12)Nc1ccc(-c2ccc3c(c2)c2cc(C(C)(C)C)ccc2n3-c2ccccc2)cc1. The van der Waals surface area contributed by atoms with Gasteiger partial charge >= 0.3 is 0 Å². The Morgan fingerprint density at radius 1 is 0.648 bits per heavy atom. The van der Waals surface area contributed by atoms with Crippen LogP contribution >= 0.6 is 0 Å². The highest BCUT2D eigenvalue weighted by atomic mass is 16.3. The summed E-state index contributed by atoms with van der Waals surface area (Å²) in [5.41, 5.74) is 12.8. The molecule has 0 radical (unpaired) electrons. The van der Waals surface area contributed by atoms with Gasteiger partial charge in [0.25, 0.3) is 0 Å². The number of rotatable bonds is 8. The predicted octanol–water partition coefficient (Wildman–Crippen LogP) is 14.0. The minimum atomic E-state index is 0.0488. The molecule has 9 aromatic rings. The zero-order valence-electron chi connectivity index (χ0n) is 30.6. The van der Waals surface area contributed by atoms with Crippen LogP contribution in [0.3, 0.4) is 0 Å². The molecule has 0 bridgehead atoms. The topological polar surface area (TPSA) is 43.2 Å². The number of hydrogen-bond acceptors (Lipinski definition) is 3. The van der Waals surface area contributed by atoms with Crippen molar-refractivity contribution in [1.82, 2.24) is 4.57 Å². The summed E-state index contributed by atoms with van der Waals surface area (Å²) in [5, 5.41) is 8.19. The van der Waals surface area contributed by atoms with Gasteiger partial charge in [0.15, 0.2) is 0 Å². The molecule has 54 heavy (non-hydrogen) atoms. The van der Waals surface area contributed by atoms with E-state index in [4.69, 9.17) is 8.83 Å². The Morgan fingerprint density at radius 2 is 1.31 bits per heavy atom. The van der Waals surface area contributed by atoms with Crippen molar-refractivity contribution in [3.63, 3.8) is 0 Å². The molecule has 0 unspecified atom stereocenters. The van der Waals surface area contributed by atoms with Crippen LogP contribution in [0.5, 0.6) is 0 Å². The molecular formula is C50H40N2O2. The maximum absolute atomic E-state index is 6.35. The maximum atomic E-state index is 6.35. The fraction of sp³-hybridized carbons (Fsp3) is 0.0800. The van der Waals surface area contributed by atoms with Crippen LogP contribution in [-0.4, -0.2) is 4.57 Å². The van der Waals surface area contributed by atoms with Gasteiger partial charge in [-0.05, 0) is 107 Å². The molecule has 0 amide bonds. The molecule has 4 nitrogen and oxygen atoms in total. The number of aromatic nitrogens is 1. The van der Waals surface area contributed by atoms with Gasteiger partial charge in [0.2, 0.25) is 0 Å². The molecular weight excluding hydrogens is 661 g/mol. The van der Waals surface area contributed by atoms with Crippen LogP contribution in [0, 0.1) is 0 Å². The Labute approximate surface area is 315 Å². The molecule has 1 N–H and O–H groups in total. The van der Waals surface area contributed by atoms with E-state index in [1.165, 1.54) is 32.9 Å². The molecule has 0 saturated carbocycles. The van der Waals surface area contributed by atoms with Crippen LogP contribution in [0.25, 0.3) is 78.8 Å². The van der Waals surface area contributed by atoms with Gasteiger partial charge < -0.3 is 18.7 Å². The molecule has 262 valence electrons. The van der Waals surface area contributed by atoms with E-state index in [-0.39, 0.29) is 5.41 Å². The molecule has 0 spiro atoms. The normalized spacial score (nSPS) is 12.5. The lowest BCUT2D eigenvalue weighted by molar-refractivity contribution is 0.591. The monoisotopic (exact) mass is 700 g/mol. The predicted molar refractivity (Wildman–Crippen MR) is 228 cm³/mol. The Kier molecular flexibility index (Phi) is 8.16. The third-order valence-electron chi connectivity index (χ3n) is 10.3. The number of nitrogens with one attached hydrogen (secondary N) is 1. The fourth-order valence-corrected chi connectivity index (χ4v) is 7.39. The van der Waals surface area contributed by atoms with E-state index in [1.807, 2.05) is 54.6 Å². The van der Waals surface area contributed by atoms with Crippen molar-refractivity contribution in [2.24, 2.45) is 0 Å². The van der Waals surface area contributed by atoms with Gasteiger partial charge in [0.1, 0.15) is 16.9 Å². The summed E-state index contributed by atoms with van der Waals surface area (Å²) in [7, 11) is 0. The van der Waals surface area contributed by atoms with E-state index in [0.717, 1.165) is 61.5 Å². The summed E-state index contributed by atoms with van der Waals surface area (Å²) in [5.74, 6) is 0.761. The summed E-state index contributed by atoms with van der Waals surface area (Å²) >= 11 is 0. The lowest BCUT2D eigenvalue weighted by Gasteiger charge is -2.19. The summed E-state index contributed by atoms with van der Waals surface area (Å²) in [4.78, 5) is 0. The number of allylic oxidation sites excluding steroid dienone is 1. The van der Waals surface area contributed by atoms with E-state index >= 15 is 0 Å². The Bertz CT molecular complexity index is 2890. The van der Waals surface area contributed by atoms with Crippen LogP contribution in [-0.2, 0) is 5.41 Å². The molecule has 3 aromatic heterocycles. The molecule has 0 aliphatic carbocycles. The van der Waals surface area contributed by atoms with Crippen LogP contribution in [0.15, 0.2) is 173 Å². The van der Waals surface area contributed by atoms with Gasteiger partial charge in [-0.1, -0.05) is 106 Å². The van der Waals surface area contributed by atoms with Crippen molar-refractivity contribution in [2.75, 3.05) is 5.32 Å². The lowest BCUT2D eigenvalue weighted by Crippen LogP contribution is -2.10. The average molecular weight is 701 g/mol. The third kappa shape index (κ3) is 6.02. The zero-order valence-corrected chi connectivity index (χ0v) is 30.6. The van der Waals surface area contributed by atoms with Crippen molar-refractivity contribution in [2.45, 2.75) is 26.2 Å². The molecule has 4 heteroatoms. The second-order valence-corrected chi connectivity index (χ2v) is 14.8. The van der Waals surface area contributed by atoms with Gasteiger partial charge in [-0.3, -0.25) is 0 Å². The number of nitrogens with zero attached hydrogens (tertiary/aromatic N) is 1. The minimum absolute atomic E-state index is 0.0488. The van der Waals surface area contributed by atoms with Gasteiger partial charge in [0, 0.05) is 49.7 Å². The second kappa shape index (κ2) is 13.3. The molecule has 0 saturated heterocycles. The standard InChI is InChI=1S/C50H40N2O2/c1-5-37(31-44-41-16-10-12-18-48(41)54-49(44)28-22-35-32-53-47-17-11-9-15-40(35)47)51-38-24-19-33(20-25-38)34-21-26-45-42(29-34)43-30-36(50(2,3)4)23-27-46(43)52(45)39-13-7-6-8-14-39/h5-32,51H,1H2,2-4H3/b28-22-,37-31-. The fourth-order valence-electron chi connectivity index (χ4n) is 7.39. The minimum Gasteiger partial charge on any atom is -0.464 e. The van der Waals surface area contributed by atoms with E-state index in [9.17, 15) is 0 Å². The van der Waals surface area contributed by atoms with Crippen molar-refractivity contribution in [3.8, 4) is 16.8 Å². The molecule has 0 aliphatic rings. The third-order valence-corrected chi connectivity index (χ3v) is 10.3. The van der Waals surface area contributed by atoms with E-state index in [2.05, 4.69) is 146 Å². The number of anilines is 1. The Hall–Kier alpha value is -6.78. The summed E-state index contributed by atoms with van der Waals surface area (Å²) in [6, 6.07) is 49.1. The number of benzene rings is 6. The molecule has 0 fully saturated rings. The largest absolute Gasteiger partial charge is 0.464 e. The molecule has 0 atom stereocenters. The average Bonchev–Trinajstić information content (AvgIpc) is 3.88. The summed E-state index contributed by atoms with van der Waals surface area (Å²) in [6.45, 7) is 11.0. The number of furan rings is 2. The van der Waals surface area contributed by atoms with Gasteiger partial charge in [0.05, 0.1) is 17.3 Å². The number of para-hydroxylation sites is 3. The van der Waals surface area contributed by atoms with Crippen molar-refractivity contribution >= 4 is 67.7 Å². The summed E-state index contributed by atoms with van der Waals surface area (Å²) in [6.07, 6.45) is 9.78. The van der Waals surface area contributed by atoms with Crippen molar-refractivity contribution < 1.29 is 8.83 Å². The van der Waals surface area contributed by atoms with E-state index < -0.39 is 0 Å². The van der Waals surface area contributed by atoms with Crippen LogP contribution < -0.4 is 5.32 Å². The number of fused-ring (bicyclic) bond motifs is 5. The molecule has 6 aromatic carbocycles. The first kappa shape index (κ1) is 33.1. The second-order valence-electron chi connectivity index (χ2n) is 14.8. The van der Waals surface area contributed by atoms with Crippen LogP contribution in [0.1, 0.15) is 43.2 Å². The van der Waals surface area contributed by atoms with Crippen molar-refractivity contribution in [3.05, 3.63) is 187 Å². The first-order chi connectivity index (χ1) is 26.3.